The SMILES string of the molecule is CCCN(CCC)C(=O)C1CC(C(=O)NC(CC2CCC(O)CC2)C(O)CN(C)NC(=O)CC(C)C)CC(S(N)(=O)=O)C1. The number of sulfonamides is 1. The average Bonchev–Trinajstić information content (AvgIpc) is 2.91. The zero-order valence-electron chi connectivity index (χ0n) is 26.8. The lowest BCUT2D eigenvalue weighted by atomic mass is 9.79. The first kappa shape index (κ1) is 37.4. The summed E-state index contributed by atoms with van der Waals surface area (Å²) >= 11 is 0. The molecule has 2 rings (SSSR count). The predicted octanol–water partition coefficient (Wildman–Crippen LogP) is 1.50. The van der Waals surface area contributed by atoms with Crippen LogP contribution in [0, 0.1) is 23.7 Å². The number of aliphatic hydroxyl groups excluding tert-OH is 2. The lowest BCUT2D eigenvalue weighted by Crippen LogP contribution is -2.54. The average molecular weight is 632 g/mol. The maximum atomic E-state index is 13.7. The van der Waals surface area contributed by atoms with Crippen molar-refractivity contribution in [3.63, 3.8) is 0 Å². The lowest BCUT2D eigenvalue weighted by molar-refractivity contribution is -0.138. The Bertz CT molecular complexity index is 997. The van der Waals surface area contributed by atoms with Gasteiger partial charge in [0.1, 0.15) is 0 Å². The molecule has 2 aliphatic rings. The molecule has 2 fully saturated rings. The zero-order valence-corrected chi connectivity index (χ0v) is 27.7. The smallest absolute Gasteiger partial charge is 0.234 e. The van der Waals surface area contributed by atoms with Crippen LogP contribution in [-0.2, 0) is 24.4 Å². The number of aliphatic hydroxyl groups is 2. The highest BCUT2D eigenvalue weighted by Crippen LogP contribution is 2.35. The summed E-state index contributed by atoms with van der Waals surface area (Å²) in [6, 6.07) is -0.669. The minimum Gasteiger partial charge on any atom is -0.393 e. The molecule has 5 atom stereocenters. The number of nitrogens with two attached hydrogens (primary N) is 1. The van der Waals surface area contributed by atoms with Gasteiger partial charge in [0.05, 0.1) is 23.5 Å². The summed E-state index contributed by atoms with van der Waals surface area (Å²) < 4.78 is 24.9. The molecule has 5 unspecified atom stereocenters. The quantitative estimate of drug-likeness (QED) is 0.159. The molecule has 250 valence electrons. The summed E-state index contributed by atoms with van der Waals surface area (Å²) in [5, 5.41) is 30.3. The normalized spacial score (nSPS) is 26.1. The minimum absolute atomic E-state index is 0.0135. The third-order valence-corrected chi connectivity index (χ3v) is 10.0. The molecule has 12 nitrogen and oxygen atoms in total. The minimum atomic E-state index is -3.99. The molecule has 13 heteroatoms. The first-order chi connectivity index (χ1) is 20.1. The number of hydrogen-bond acceptors (Lipinski definition) is 8. The molecule has 0 aromatic carbocycles. The fraction of sp³-hybridized carbons (Fsp3) is 0.900. The fourth-order valence-electron chi connectivity index (χ4n) is 6.52. The molecule has 2 saturated carbocycles. The topological polar surface area (TPSA) is 182 Å². The van der Waals surface area contributed by atoms with Gasteiger partial charge in [-0.25, -0.2) is 18.6 Å². The van der Waals surface area contributed by atoms with Gasteiger partial charge < -0.3 is 20.4 Å². The third-order valence-electron chi connectivity index (χ3n) is 8.71. The van der Waals surface area contributed by atoms with E-state index in [1.165, 1.54) is 5.01 Å². The van der Waals surface area contributed by atoms with E-state index in [9.17, 15) is 33.0 Å². The molecule has 0 spiro atoms. The van der Waals surface area contributed by atoms with Crippen LogP contribution in [0.4, 0.5) is 0 Å². The first-order valence-corrected chi connectivity index (χ1v) is 17.7. The molecule has 2 aliphatic carbocycles. The van der Waals surface area contributed by atoms with E-state index in [0.717, 1.165) is 25.7 Å². The summed E-state index contributed by atoms with van der Waals surface area (Å²) in [5.74, 6) is -1.77. The summed E-state index contributed by atoms with van der Waals surface area (Å²) in [7, 11) is -2.33. The maximum Gasteiger partial charge on any atom is 0.234 e. The van der Waals surface area contributed by atoms with E-state index in [4.69, 9.17) is 5.14 Å². The zero-order chi connectivity index (χ0) is 32.3. The standard InChI is InChI=1S/C30H57N5O7S/c1-6-12-35(13-7-2)30(40)23-16-22(17-25(18-23)43(31,41)42)29(39)32-26(15-21-8-10-24(36)11-9-21)27(37)19-34(5)33-28(38)14-20(3)4/h20-27,36-37H,6-19H2,1-5H3,(H,32,39)(H,33,38)(H2,31,41,42). The number of nitrogens with zero attached hydrogens (tertiary/aromatic N) is 2. The van der Waals surface area contributed by atoms with Crippen LogP contribution in [0.3, 0.4) is 0 Å². The van der Waals surface area contributed by atoms with Crippen molar-refractivity contribution in [2.24, 2.45) is 28.8 Å². The van der Waals surface area contributed by atoms with Crippen LogP contribution in [0.15, 0.2) is 0 Å². The Hall–Kier alpha value is -1.80. The van der Waals surface area contributed by atoms with E-state index in [0.29, 0.717) is 38.8 Å². The van der Waals surface area contributed by atoms with Gasteiger partial charge in [0.15, 0.2) is 0 Å². The number of nitrogens with one attached hydrogen (secondary N) is 2. The van der Waals surface area contributed by atoms with Gasteiger partial charge in [-0.2, -0.15) is 0 Å². The van der Waals surface area contributed by atoms with E-state index in [1.807, 2.05) is 27.7 Å². The Balaban J connectivity index is 2.22. The highest BCUT2D eigenvalue weighted by Gasteiger charge is 2.42. The van der Waals surface area contributed by atoms with Crippen molar-refractivity contribution < 1.29 is 33.0 Å². The van der Waals surface area contributed by atoms with Crippen LogP contribution < -0.4 is 15.9 Å². The molecule has 0 bridgehead atoms. The van der Waals surface area contributed by atoms with Gasteiger partial charge in [-0.1, -0.05) is 27.7 Å². The number of carbonyl (C=O) groups excluding carboxylic acids is 3. The van der Waals surface area contributed by atoms with E-state index in [2.05, 4.69) is 10.7 Å². The Morgan fingerprint density at radius 3 is 2.09 bits per heavy atom. The summed E-state index contributed by atoms with van der Waals surface area (Å²) in [6.45, 7) is 9.03. The molecular formula is C30H57N5O7S. The van der Waals surface area contributed by atoms with E-state index < -0.39 is 45.2 Å². The van der Waals surface area contributed by atoms with E-state index in [-0.39, 0.29) is 55.6 Å². The van der Waals surface area contributed by atoms with Gasteiger partial charge in [-0.15, -0.1) is 0 Å². The van der Waals surface area contributed by atoms with Gasteiger partial charge in [0.2, 0.25) is 27.7 Å². The second-order valence-electron chi connectivity index (χ2n) is 13.2. The summed E-state index contributed by atoms with van der Waals surface area (Å²) in [4.78, 5) is 41.2. The number of carbonyl (C=O) groups is 3. The lowest BCUT2D eigenvalue weighted by Gasteiger charge is -2.37. The molecule has 0 aromatic heterocycles. The van der Waals surface area contributed by atoms with E-state index in [1.54, 1.807) is 11.9 Å². The molecule has 0 aromatic rings. The number of hydrogen-bond donors (Lipinski definition) is 5. The van der Waals surface area contributed by atoms with Crippen molar-refractivity contribution in [1.82, 2.24) is 20.7 Å². The third kappa shape index (κ3) is 12.6. The summed E-state index contributed by atoms with van der Waals surface area (Å²) in [5.41, 5.74) is 2.76. The molecule has 0 radical (unpaired) electrons. The van der Waals surface area contributed by atoms with Gasteiger partial charge in [-0.05, 0) is 76.0 Å². The van der Waals surface area contributed by atoms with Crippen LogP contribution in [0.5, 0.6) is 0 Å². The fourth-order valence-corrected chi connectivity index (χ4v) is 7.52. The molecule has 6 N–H and O–H groups in total. The van der Waals surface area contributed by atoms with Crippen molar-refractivity contribution in [2.45, 2.75) is 122 Å². The predicted molar refractivity (Wildman–Crippen MR) is 166 cm³/mol. The van der Waals surface area contributed by atoms with Gasteiger partial charge >= 0.3 is 0 Å². The maximum absolute atomic E-state index is 13.7. The van der Waals surface area contributed by atoms with Crippen LogP contribution >= 0.6 is 0 Å². The number of rotatable bonds is 16. The van der Waals surface area contributed by atoms with Crippen molar-refractivity contribution >= 4 is 27.7 Å². The molecule has 0 heterocycles. The van der Waals surface area contributed by atoms with Crippen molar-refractivity contribution in [3.8, 4) is 0 Å². The molecule has 0 saturated heterocycles. The molecule has 0 aliphatic heterocycles. The Morgan fingerprint density at radius 1 is 0.977 bits per heavy atom. The Kier molecular flexibility index (Phi) is 15.3. The van der Waals surface area contributed by atoms with Crippen molar-refractivity contribution in [1.29, 1.82) is 0 Å². The van der Waals surface area contributed by atoms with Crippen LogP contribution in [0.25, 0.3) is 0 Å². The highest BCUT2D eigenvalue weighted by atomic mass is 32.2. The van der Waals surface area contributed by atoms with Gasteiger partial charge in [0, 0.05) is 44.9 Å². The Morgan fingerprint density at radius 2 is 1.56 bits per heavy atom. The second-order valence-corrected chi connectivity index (χ2v) is 15.1. The molecule has 3 amide bonds. The largest absolute Gasteiger partial charge is 0.393 e. The molecular weight excluding hydrogens is 574 g/mol. The number of amides is 3. The molecule has 43 heavy (non-hydrogen) atoms. The van der Waals surface area contributed by atoms with Crippen molar-refractivity contribution in [3.05, 3.63) is 0 Å². The monoisotopic (exact) mass is 631 g/mol. The highest BCUT2D eigenvalue weighted by molar-refractivity contribution is 7.89. The second kappa shape index (κ2) is 17.6. The van der Waals surface area contributed by atoms with Gasteiger partial charge in [-0.3, -0.25) is 19.8 Å². The van der Waals surface area contributed by atoms with Crippen molar-refractivity contribution in [2.75, 3.05) is 26.7 Å². The van der Waals surface area contributed by atoms with Gasteiger partial charge in [0.25, 0.3) is 0 Å². The number of primary sulfonamides is 1. The van der Waals surface area contributed by atoms with Crippen LogP contribution in [-0.4, -0.2) is 96.4 Å². The number of hydrazine groups is 1. The van der Waals surface area contributed by atoms with E-state index >= 15 is 0 Å². The van der Waals surface area contributed by atoms with Crippen LogP contribution in [0.2, 0.25) is 0 Å². The summed E-state index contributed by atoms with van der Waals surface area (Å²) in [6.07, 6.45) is 4.13. The van der Waals surface area contributed by atoms with Crippen LogP contribution in [0.1, 0.15) is 98.3 Å². The number of likely N-dealkylation sites (N-methyl/N-ethyl adjacent to an activating group) is 1. The first-order valence-electron chi connectivity index (χ1n) is 16.1. The Labute approximate surface area is 258 Å².